The van der Waals surface area contributed by atoms with E-state index in [-0.39, 0.29) is 5.82 Å². The Bertz CT molecular complexity index is 1850. The van der Waals surface area contributed by atoms with Gasteiger partial charge in [-0.2, -0.15) is 4.57 Å². The van der Waals surface area contributed by atoms with Crippen LogP contribution in [0.25, 0.3) is 22.9 Å². The lowest BCUT2D eigenvalue weighted by atomic mass is 10.1. The zero-order valence-corrected chi connectivity index (χ0v) is 25.0. The number of nitrogen functional groups attached to an aromatic ring is 1. The molecule has 0 unspecified atom stereocenters. The van der Waals surface area contributed by atoms with Gasteiger partial charge in [-0.3, -0.25) is 4.57 Å². The van der Waals surface area contributed by atoms with Crippen LogP contribution in [0, 0.1) is 6.92 Å². The number of para-hydroxylation sites is 2. The van der Waals surface area contributed by atoms with Gasteiger partial charge in [-0.25, -0.2) is 15.0 Å². The molecule has 0 aliphatic carbocycles. The normalized spacial score (nSPS) is 22.5. The highest BCUT2D eigenvalue weighted by molar-refractivity contribution is 8.03. The van der Waals surface area contributed by atoms with E-state index < -0.39 is 24.5 Å². The summed E-state index contributed by atoms with van der Waals surface area (Å²) in [6.07, 6.45) is 1.03. The van der Waals surface area contributed by atoms with Crippen LogP contribution in [0.5, 0.6) is 0 Å². The van der Waals surface area contributed by atoms with E-state index >= 15 is 0 Å². The van der Waals surface area contributed by atoms with Gasteiger partial charge in [0.05, 0.1) is 23.1 Å². The number of aryl methyl sites for hydroxylation is 1. The third-order valence-electron chi connectivity index (χ3n) is 7.56. The number of anilines is 2. The van der Waals surface area contributed by atoms with Gasteiger partial charge in [0.2, 0.25) is 0 Å². The zero-order chi connectivity index (χ0) is 29.7. The van der Waals surface area contributed by atoms with Crippen LogP contribution < -0.4 is 15.2 Å². The van der Waals surface area contributed by atoms with Gasteiger partial charge in [0.1, 0.15) is 35.4 Å². The Morgan fingerprint density at radius 2 is 1.86 bits per heavy atom. The molecule has 2 aliphatic rings. The molecule has 3 aromatic heterocycles. The van der Waals surface area contributed by atoms with Gasteiger partial charge >= 0.3 is 5.16 Å². The maximum Gasteiger partial charge on any atom is 0.365 e. The van der Waals surface area contributed by atoms with Crippen LogP contribution in [0.4, 0.5) is 11.5 Å². The lowest BCUT2D eigenvalue weighted by Gasteiger charge is -2.16. The Balaban J connectivity index is 1.18. The highest BCUT2D eigenvalue weighted by Crippen LogP contribution is 2.45. The summed E-state index contributed by atoms with van der Waals surface area (Å²) in [5, 5.41) is 23.8. The number of hydrogen-bond acceptors (Lipinski definition) is 11. The molecule has 0 radical (unpaired) electrons. The molecular formula is C30H29N8O3S2+. The molecule has 0 amide bonds. The van der Waals surface area contributed by atoms with Crippen LogP contribution >= 0.6 is 23.5 Å². The summed E-state index contributed by atoms with van der Waals surface area (Å²) in [7, 11) is 2.06. The van der Waals surface area contributed by atoms with Gasteiger partial charge < -0.3 is 25.6 Å². The van der Waals surface area contributed by atoms with Gasteiger partial charge in [-0.15, -0.1) is 0 Å². The highest BCUT2D eigenvalue weighted by Gasteiger charge is 2.45. The molecule has 0 spiro atoms. The van der Waals surface area contributed by atoms with E-state index in [4.69, 9.17) is 15.5 Å². The molecule has 4 N–H and O–H groups in total. The lowest BCUT2D eigenvalue weighted by Crippen LogP contribution is -2.39. The molecule has 5 aromatic rings. The number of ether oxygens (including phenoxy) is 1. The minimum absolute atomic E-state index is 0.233. The van der Waals surface area contributed by atoms with Crippen molar-refractivity contribution in [3.8, 4) is 5.69 Å². The van der Waals surface area contributed by atoms with Gasteiger partial charge in [0.25, 0.3) is 0 Å². The summed E-state index contributed by atoms with van der Waals surface area (Å²) < 4.78 is 9.88. The Hall–Kier alpha value is -4.01. The number of fused-ring (bicyclic) bond motifs is 2. The van der Waals surface area contributed by atoms with Crippen LogP contribution in [-0.2, 0) is 4.74 Å². The second-order valence-electron chi connectivity index (χ2n) is 10.3. The first kappa shape index (κ1) is 27.8. The summed E-state index contributed by atoms with van der Waals surface area (Å²) in [5.74, 6) is 0.578. The Morgan fingerprint density at radius 3 is 2.67 bits per heavy atom. The number of rotatable bonds is 6. The number of nitrogens with two attached hydrogens (primary N) is 1. The molecule has 13 heteroatoms. The molecule has 43 heavy (non-hydrogen) atoms. The predicted molar refractivity (Wildman–Crippen MR) is 166 cm³/mol. The van der Waals surface area contributed by atoms with Crippen molar-refractivity contribution >= 4 is 52.3 Å². The standard InChI is InChI=1S/C30H29N8O3S2/c1-17-12-18(13-23-36(2)20-10-6-7-11-22(20)43-23)35-30(38(17)19-8-4-3-5-9-19)42-14-21-25(39)26(40)29(41-21)37-16-34-24-27(31)32-15-33-28(24)37/h3-13,15-16,21,25-26,29,39-40H,14H2,1-2H3,(H2,31,32,33)/q+1/t21-,25-,26-,29-/m1/s1. The molecule has 1 fully saturated rings. The number of aliphatic hydroxyl groups excluding tert-OH is 2. The molecular weight excluding hydrogens is 585 g/mol. The van der Waals surface area contributed by atoms with Gasteiger partial charge in [-0.05, 0) is 47.9 Å². The first-order valence-electron chi connectivity index (χ1n) is 13.7. The van der Waals surface area contributed by atoms with E-state index in [1.807, 2.05) is 42.5 Å². The Labute approximate surface area is 256 Å². The van der Waals surface area contributed by atoms with Crippen molar-refractivity contribution in [1.29, 1.82) is 0 Å². The molecule has 11 nitrogen and oxygen atoms in total. The van der Waals surface area contributed by atoms with Crippen molar-refractivity contribution < 1.29 is 19.5 Å². The van der Waals surface area contributed by atoms with Crippen LogP contribution in [0.3, 0.4) is 0 Å². The van der Waals surface area contributed by atoms with Crippen molar-refractivity contribution in [2.24, 2.45) is 0 Å². The largest absolute Gasteiger partial charge is 0.387 e. The monoisotopic (exact) mass is 613 g/mol. The number of imidazole rings is 1. The van der Waals surface area contributed by atoms with Crippen molar-refractivity contribution in [3.63, 3.8) is 0 Å². The van der Waals surface area contributed by atoms with E-state index in [2.05, 4.69) is 62.7 Å². The van der Waals surface area contributed by atoms with Crippen molar-refractivity contribution in [2.45, 2.75) is 41.5 Å². The molecule has 0 saturated carbocycles. The second-order valence-corrected chi connectivity index (χ2v) is 12.4. The van der Waals surface area contributed by atoms with Gasteiger partial charge in [0.15, 0.2) is 23.4 Å². The average Bonchev–Trinajstić information content (AvgIpc) is 3.67. The summed E-state index contributed by atoms with van der Waals surface area (Å²) in [4.78, 5) is 20.9. The highest BCUT2D eigenvalue weighted by atomic mass is 32.2. The van der Waals surface area contributed by atoms with Gasteiger partial charge in [-0.1, -0.05) is 42.1 Å². The Morgan fingerprint density at radius 1 is 1.07 bits per heavy atom. The second kappa shape index (κ2) is 11.2. The van der Waals surface area contributed by atoms with Gasteiger partial charge in [0, 0.05) is 29.8 Å². The number of hydrogen-bond donors (Lipinski definition) is 3. The quantitative estimate of drug-likeness (QED) is 0.148. The molecule has 2 aromatic carbocycles. The maximum atomic E-state index is 11.0. The van der Waals surface area contributed by atoms with Crippen LogP contribution in [0.15, 0.2) is 88.4 Å². The maximum absolute atomic E-state index is 11.0. The third kappa shape index (κ3) is 5.02. The molecule has 218 valence electrons. The van der Waals surface area contributed by atoms with E-state index in [0.717, 1.165) is 27.3 Å². The average molecular weight is 614 g/mol. The minimum Gasteiger partial charge on any atom is -0.387 e. The number of benzene rings is 2. The molecule has 1 saturated heterocycles. The fraction of sp³-hybridized carbons (Fsp3) is 0.233. The topological polar surface area (TPSA) is 139 Å². The first-order valence-corrected chi connectivity index (χ1v) is 15.5. The third-order valence-corrected chi connectivity index (χ3v) is 9.75. The SMILES string of the molecule is Cc1cc(/C=C2\Sc3ccccc3N2C)nc(SC[C@H]2O[C@@H](n3cnc4c(N)ncnc43)[C@H](O)[C@@H]2O)[n+]1-c1ccccc1. The Kier molecular flexibility index (Phi) is 7.27. The first-order chi connectivity index (χ1) is 20.9. The minimum atomic E-state index is -1.19. The zero-order valence-electron chi connectivity index (χ0n) is 23.3. The summed E-state index contributed by atoms with van der Waals surface area (Å²) in [6, 6.07) is 20.4. The molecule has 4 atom stereocenters. The lowest BCUT2D eigenvalue weighted by molar-refractivity contribution is -0.647. The smallest absolute Gasteiger partial charge is 0.365 e. The van der Waals surface area contributed by atoms with E-state index in [9.17, 15) is 10.2 Å². The predicted octanol–water partition coefficient (Wildman–Crippen LogP) is 3.34. The van der Waals surface area contributed by atoms with Crippen LogP contribution in [-0.4, -0.2) is 65.8 Å². The van der Waals surface area contributed by atoms with E-state index in [1.54, 1.807) is 16.3 Å². The fourth-order valence-electron chi connectivity index (χ4n) is 5.37. The fourth-order valence-corrected chi connectivity index (χ4v) is 7.60. The summed E-state index contributed by atoms with van der Waals surface area (Å²) in [6.45, 7) is 2.05. The van der Waals surface area contributed by atoms with Crippen LogP contribution in [0.1, 0.15) is 17.6 Å². The summed E-state index contributed by atoms with van der Waals surface area (Å²) in [5.41, 5.74) is 10.7. The van der Waals surface area contributed by atoms with E-state index in [1.165, 1.54) is 35.0 Å². The number of thioether (sulfide) groups is 2. The molecule has 0 bridgehead atoms. The van der Waals surface area contributed by atoms with Crippen molar-refractivity contribution in [1.82, 2.24) is 24.5 Å². The molecule has 7 rings (SSSR count). The molecule has 5 heterocycles. The number of nitrogens with zero attached hydrogens (tertiary/aromatic N) is 7. The van der Waals surface area contributed by atoms with Crippen molar-refractivity contribution in [2.75, 3.05) is 23.4 Å². The molecule has 2 aliphatic heterocycles. The van der Waals surface area contributed by atoms with Crippen molar-refractivity contribution in [3.05, 3.63) is 89.7 Å². The number of aromatic nitrogens is 6. The summed E-state index contributed by atoms with van der Waals surface area (Å²) >= 11 is 3.17. The van der Waals surface area contributed by atoms with Crippen LogP contribution in [0.2, 0.25) is 0 Å². The number of aliphatic hydroxyl groups is 2. The van der Waals surface area contributed by atoms with E-state index in [0.29, 0.717) is 16.9 Å².